The minimum Gasteiger partial charge on any atom is -0.489 e. The summed E-state index contributed by atoms with van der Waals surface area (Å²) in [6, 6.07) is 7.40. The molecule has 0 aliphatic heterocycles. The Morgan fingerprint density at radius 1 is 0.909 bits per heavy atom. The molecule has 4 atom stereocenters. The molecule has 0 amide bonds. The van der Waals surface area contributed by atoms with Gasteiger partial charge in [0.15, 0.2) is 11.6 Å². The summed E-state index contributed by atoms with van der Waals surface area (Å²) >= 11 is 0. The van der Waals surface area contributed by atoms with Gasteiger partial charge in [0.2, 0.25) is 0 Å². The summed E-state index contributed by atoms with van der Waals surface area (Å²) in [5.41, 5.74) is 0.405. The molecule has 4 rings (SSSR count). The third-order valence-electron chi connectivity index (χ3n) is 7.33. The number of rotatable bonds is 7. The van der Waals surface area contributed by atoms with E-state index in [0.717, 1.165) is 45.1 Å². The lowest BCUT2D eigenvalue weighted by atomic mass is 9.65. The third-order valence-corrected chi connectivity index (χ3v) is 7.33. The molecule has 0 aromatic heterocycles. The number of allylic oxidation sites excluding steroid dienone is 1. The molecule has 0 saturated heterocycles. The topological polar surface area (TPSA) is 18.5 Å². The summed E-state index contributed by atoms with van der Waals surface area (Å²) in [5.74, 6) is -0.946. The molecule has 2 aliphatic carbocycles. The second kappa shape index (κ2) is 10.8. The fourth-order valence-electron chi connectivity index (χ4n) is 5.65. The molecule has 2 saturated carbocycles. The van der Waals surface area contributed by atoms with Crippen LogP contribution < -0.4 is 4.74 Å². The summed E-state index contributed by atoms with van der Waals surface area (Å²) < 4.78 is 56.2. The largest absolute Gasteiger partial charge is 0.489 e. The Balaban J connectivity index is 1.49. The van der Waals surface area contributed by atoms with Gasteiger partial charge in [-0.25, -0.2) is 13.2 Å². The molecule has 178 valence electrons. The van der Waals surface area contributed by atoms with Crippen molar-refractivity contribution < 1.29 is 22.6 Å². The highest BCUT2D eigenvalue weighted by molar-refractivity contribution is 5.66. The lowest BCUT2D eigenvalue weighted by molar-refractivity contribution is -0.00970. The van der Waals surface area contributed by atoms with Gasteiger partial charge in [0, 0.05) is 23.8 Å². The Hall–Kier alpha value is -2.27. The van der Waals surface area contributed by atoms with Gasteiger partial charge < -0.3 is 9.47 Å². The van der Waals surface area contributed by atoms with Crippen molar-refractivity contribution in [1.29, 1.82) is 0 Å². The van der Waals surface area contributed by atoms with Crippen molar-refractivity contribution in [3.63, 3.8) is 0 Å². The van der Waals surface area contributed by atoms with Crippen molar-refractivity contribution in [2.45, 2.75) is 64.4 Å². The molecule has 2 aromatic carbocycles. The number of ether oxygens (including phenoxy) is 2. The van der Waals surface area contributed by atoms with Crippen LogP contribution >= 0.6 is 0 Å². The van der Waals surface area contributed by atoms with Crippen molar-refractivity contribution >= 4 is 0 Å². The molecule has 0 heterocycles. The van der Waals surface area contributed by atoms with Gasteiger partial charge in [-0.15, -0.1) is 0 Å². The monoisotopic (exact) mass is 458 g/mol. The van der Waals surface area contributed by atoms with Crippen molar-refractivity contribution in [2.75, 3.05) is 13.2 Å². The predicted molar refractivity (Wildman–Crippen MR) is 125 cm³/mol. The van der Waals surface area contributed by atoms with E-state index in [9.17, 15) is 4.39 Å². The van der Waals surface area contributed by atoms with Gasteiger partial charge in [0.1, 0.15) is 18.2 Å². The highest BCUT2D eigenvalue weighted by Crippen LogP contribution is 2.47. The van der Waals surface area contributed by atoms with Crippen molar-refractivity contribution in [1.82, 2.24) is 0 Å². The molecular weight excluding hydrogens is 425 g/mol. The van der Waals surface area contributed by atoms with Gasteiger partial charge in [0.25, 0.3) is 0 Å². The highest BCUT2D eigenvalue weighted by Gasteiger charge is 2.37. The fourth-order valence-corrected chi connectivity index (χ4v) is 5.65. The van der Waals surface area contributed by atoms with E-state index >= 15 is 8.78 Å². The first-order chi connectivity index (χ1) is 16.0. The lowest BCUT2D eigenvalue weighted by Crippen LogP contribution is -2.34. The Labute approximate surface area is 194 Å². The summed E-state index contributed by atoms with van der Waals surface area (Å²) in [4.78, 5) is 0. The molecule has 5 heteroatoms. The van der Waals surface area contributed by atoms with E-state index in [1.54, 1.807) is 18.2 Å². The standard InChI is InChI=1S/C28H33F3O2/c1-3-5-14-33-22-10-11-24(26(29)17-22)25-13-12-23(27(30)28(25)31)20-7-6-19-16-21(32-4-2)9-8-18(19)15-20/h3,5,10-13,17-21H,4,6-9,14-16H2,1-2H3/b5-3+. The van der Waals surface area contributed by atoms with Gasteiger partial charge in [0.05, 0.1) is 6.10 Å². The summed E-state index contributed by atoms with van der Waals surface area (Å²) in [7, 11) is 0. The Kier molecular flexibility index (Phi) is 7.79. The number of fused-ring (bicyclic) bond motifs is 1. The van der Waals surface area contributed by atoms with Gasteiger partial charge in [-0.2, -0.15) is 0 Å². The Morgan fingerprint density at radius 3 is 2.42 bits per heavy atom. The second-order valence-corrected chi connectivity index (χ2v) is 9.27. The quantitative estimate of drug-likeness (QED) is 0.394. The molecule has 4 unspecified atom stereocenters. The molecule has 2 aliphatic rings. The summed E-state index contributed by atoms with van der Waals surface area (Å²) in [6.07, 6.45) is 9.94. The molecule has 0 radical (unpaired) electrons. The maximum absolute atomic E-state index is 15.2. The first kappa shape index (κ1) is 23.9. The van der Waals surface area contributed by atoms with Crippen LogP contribution in [0.1, 0.15) is 63.9 Å². The summed E-state index contributed by atoms with van der Waals surface area (Å²) in [5, 5.41) is 0. The van der Waals surface area contributed by atoms with Crippen LogP contribution in [0.2, 0.25) is 0 Å². The zero-order valence-electron chi connectivity index (χ0n) is 19.5. The molecule has 0 spiro atoms. The molecule has 0 N–H and O–H groups in total. The smallest absolute Gasteiger partial charge is 0.167 e. The number of hydrogen-bond donors (Lipinski definition) is 0. The Morgan fingerprint density at radius 2 is 1.67 bits per heavy atom. The Bertz CT molecular complexity index is 987. The van der Waals surface area contributed by atoms with Crippen LogP contribution in [0.3, 0.4) is 0 Å². The van der Waals surface area contributed by atoms with E-state index < -0.39 is 17.5 Å². The lowest BCUT2D eigenvalue weighted by Gasteiger charge is -2.42. The average Bonchev–Trinajstić information content (AvgIpc) is 2.81. The highest BCUT2D eigenvalue weighted by atomic mass is 19.2. The minimum absolute atomic E-state index is 0.00527. The van der Waals surface area contributed by atoms with Crippen molar-refractivity contribution in [3.8, 4) is 16.9 Å². The number of halogens is 3. The van der Waals surface area contributed by atoms with E-state index in [1.807, 2.05) is 19.9 Å². The van der Waals surface area contributed by atoms with E-state index in [-0.39, 0.29) is 17.0 Å². The molecule has 2 fully saturated rings. The third kappa shape index (κ3) is 5.29. The van der Waals surface area contributed by atoms with Gasteiger partial charge in [-0.05, 0) is 87.8 Å². The van der Waals surface area contributed by atoms with Crippen LogP contribution in [0.5, 0.6) is 5.75 Å². The first-order valence-corrected chi connectivity index (χ1v) is 12.1. The van der Waals surface area contributed by atoms with Crippen LogP contribution in [0, 0.1) is 29.3 Å². The van der Waals surface area contributed by atoms with Gasteiger partial charge in [-0.1, -0.05) is 24.3 Å². The van der Waals surface area contributed by atoms with E-state index in [0.29, 0.717) is 35.9 Å². The molecular formula is C28H33F3O2. The van der Waals surface area contributed by atoms with Crippen molar-refractivity contribution in [3.05, 3.63) is 65.5 Å². The normalized spacial score (nSPS) is 25.2. The average molecular weight is 459 g/mol. The fraction of sp³-hybridized carbons (Fsp3) is 0.500. The van der Waals surface area contributed by atoms with Crippen LogP contribution in [-0.4, -0.2) is 19.3 Å². The van der Waals surface area contributed by atoms with E-state index in [4.69, 9.17) is 9.47 Å². The van der Waals surface area contributed by atoms with Crippen LogP contribution in [0.25, 0.3) is 11.1 Å². The van der Waals surface area contributed by atoms with E-state index in [1.165, 1.54) is 18.2 Å². The van der Waals surface area contributed by atoms with Crippen LogP contribution in [0.15, 0.2) is 42.5 Å². The number of benzene rings is 2. The van der Waals surface area contributed by atoms with Crippen molar-refractivity contribution in [2.24, 2.45) is 11.8 Å². The van der Waals surface area contributed by atoms with Gasteiger partial charge >= 0.3 is 0 Å². The molecule has 2 nitrogen and oxygen atoms in total. The minimum atomic E-state index is -0.976. The first-order valence-electron chi connectivity index (χ1n) is 12.1. The predicted octanol–water partition coefficient (Wildman–Crippen LogP) is 7.81. The zero-order valence-corrected chi connectivity index (χ0v) is 19.5. The molecule has 33 heavy (non-hydrogen) atoms. The van der Waals surface area contributed by atoms with Gasteiger partial charge in [-0.3, -0.25) is 0 Å². The number of hydrogen-bond acceptors (Lipinski definition) is 2. The summed E-state index contributed by atoms with van der Waals surface area (Å²) in [6.45, 7) is 4.96. The zero-order chi connectivity index (χ0) is 23.4. The van der Waals surface area contributed by atoms with Crippen LogP contribution in [-0.2, 0) is 4.74 Å². The van der Waals surface area contributed by atoms with Crippen LogP contribution in [0.4, 0.5) is 13.2 Å². The maximum atomic E-state index is 15.2. The second-order valence-electron chi connectivity index (χ2n) is 9.27. The molecule has 0 bridgehead atoms. The van der Waals surface area contributed by atoms with E-state index in [2.05, 4.69) is 0 Å². The molecule has 2 aromatic rings. The SMILES string of the molecule is C/C=C/COc1ccc(-c2ccc(C3CCC4CC(OCC)CCC4C3)c(F)c2F)c(F)c1. The maximum Gasteiger partial charge on any atom is 0.167 e.